The number of aliphatic imine (C=N–C) groups is 2. The van der Waals surface area contributed by atoms with E-state index in [0.29, 0.717) is 0 Å². The molecule has 0 radical (unpaired) electrons. The zero-order valence-corrected chi connectivity index (χ0v) is 34.4. The van der Waals surface area contributed by atoms with Crippen LogP contribution in [0, 0.1) is 0 Å². The molecule has 0 aromatic carbocycles. The summed E-state index contributed by atoms with van der Waals surface area (Å²) >= 11 is 3.92. The third kappa shape index (κ3) is 7.50. The molecule has 5 heterocycles. The van der Waals surface area contributed by atoms with E-state index in [2.05, 4.69) is 9.98 Å². The first-order chi connectivity index (χ1) is 22.8. The summed E-state index contributed by atoms with van der Waals surface area (Å²) in [6, 6.07) is 0. The van der Waals surface area contributed by atoms with Gasteiger partial charge in [-0.15, -0.1) is 22.7 Å². The average Bonchev–Trinajstić information content (AvgIpc) is 3.83. The normalized spacial score (nSPS) is 19.3. The van der Waals surface area contributed by atoms with E-state index in [1.54, 1.807) is 55.4 Å². The molecule has 3 aliphatic rings. The fourth-order valence-corrected chi connectivity index (χ4v) is 8.93. The molecule has 5 rings (SSSR count). The van der Waals surface area contributed by atoms with Crippen molar-refractivity contribution in [2.45, 2.75) is 66.2 Å². The van der Waals surface area contributed by atoms with Crippen LogP contribution >= 0.6 is 46.2 Å². The van der Waals surface area contributed by atoms with Crippen LogP contribution in [-0.4, -0.2) is 70.6 Å². The van der Waals surface area contributed by atoms with Crippen LogP contribution < -0.4 is 0 Å². The summed E-state index contributed by atoms with van der Waals surface area (Å²) < 4.78 is 21.5. The molecule has 0 spiro atoms. The van der Waals surface area contributed by atoms with Gasteiger partial charge in [0.2, 0.25) is 0 Å². The molecule has 8 bridgehead atoms. The SMILES string of the molecule is CCOC(=O)C1=C2[N-]/C(=N\c3nc(c(C(=O)OCC)s3)C(C)(C)C3=C(C(=O)OCC)S/C(=N/c4nc(c(C(=O)OCC)s4)C2(C)C)[N-]3)S1.[Zn+2]. The van der Waals surface area contributed by atoms with Gasteiger partial charge in [0.1, 0.15) is 20.0 Å². The maximum absolute atomic E-state index is 13.3. The third-order valence-corrected chi connectivity index (χ3v) is 10.8. The van der Waals surface area contributed by atoms with Gasteiger partial charge in [0.25, 0.3) is 0 Å². The number of thiazole rings is 2. The smallest absolute Gasteiger partial charge is 0.462 e. The summed E-state index contributed by atoms with van der Waals surface area (Å²) in [6.45, 7) is 14.3. The summed E-state index contributed by atoms with van der Waals surface area (Å²) in [5.74, 6) is -2.48. The second kappa shape index (κ2) is 15.4. The van der Waals surface area contributed by atoms with Crippen molar-refractivity contribution >= 4 is 90.7 Å². The van der Waals surface area contributed by atoms with Gasteiger partial charge in [-0.25, -0.2) is 29.1 Å². The molecule has 19 heteroatoms. The van der Waals surface area contributed by atoms with Gasteiger partial charge in [-0.2, -0.15) is 0 Å². The van der Waals surface area contributed by atoms with Crippen molar-refractivity contribution in [2.75, 3.05) is 26.4 Å². The van der Waals surface area contributed by atoms with Gasteiger partial charge >= 0.3 is 43.4 Å². The number of carbonyl (C=O) groups is 4. The van der Waals surface area contributed by atoms with Gasteiger partial charge in [-0.1, -0.05) is 51.2 Å². The van der Waals surface area contributed by atoms with E-state index < -0.39 is 34.7 Å². The average molecular weight is 798 g/mol. The second-order valence-electron chi connectivity index (χ2n) is 11.1. The molecule has 2 aromatic heterocycles. The monoisotopic (exact) mass is 796 g/mol. The van der Waals surface area contributed by atoms with Crippen LogP contribution in [0.25, 0.3) is 10.6 Å². The molecule has 49 heavy (non-hydrogen) atoms. The minimum absolute atomic E-state index is 0. The zero-order valence-electron chi connectivity index (χ0n) is 28.1. The number of carbonyl (C=O) groups excluding carboxylic acids is 4. The van der Waals surface area contributed by atoms with Crippen molar-refractivity contribution in [2.24, 2.45) is 9.98 Å². The van der Waals surface area contributed by atoms with E-state index >= 15 is 0 Å². The Morgan fingerprint density at radius 2 is 0.918 bits per heavy atom. The number of esters is 4. The molecule has 0 atom stereocenters. The molecule has 256 valence electrons. The van der Waals surface area contributed by atoms with Crippen LogP contribution in [-0.2, 0) is 58.8 Å². The number of ether oxygens (including phenoxy) is 4. The Labute approximate surface area is 312 Å². The van der Waals surface area contributed by atoms with Gasteiger partial charge in [0.15, 0.2) is 0 Å². The van der Waals surface area contributed by atoms with E-state index in [1.807, 2.05) is 0 Å². The van der Waals surface area contributed by atoms with Crippen LogP contribution in [0.1, 0.15) is 86.1 Å². The Morgan fingerprint density at radius 1 is 0.592 bits per heavy atom. The molecule has 0 saturated heterocycles. The second-order valence-corrected chi connectivity index (χ2v) is 15.0. The van der Waals surface area contributed by atoms with E-state index in [1.165, 1.54) is 0 Å². The van der Waals surface area contributed by atoms with Crippen molar-refractivity contribution in [3.8, 4) is 0 Å². The van der Waals surface area contributed by atoms with E-state index in [0.717, 1.165) is 46.2 Å². The molecule has 14 nitrogen and oxygen atoms in total. The quantitative estimate of drug-likeness (QED) is 0.152. The Bertz CT molecular complexity index is 1700. The van der Waals surface area contributed by atoms with E-state index in [-0.39, 0.29) is 109 Å². The predicted molar refractivity (Wildman–Crippen MR) is 186 cm³/mol. The van der Waals surface area contributed by atoms with Crippen molar-refractivity contribution in [1.29, 1.82) is 0 Å². The number of hydrogen-bond donors (Lipinski definition) is 0. The summed E-state index contributed by atoms with van der Waals surface area (Å²) in [5, 5.41) is 10.1. The Kier molecular flexibility index (Phi) is 12.2. The van der Waals surface area contributed by atoms with E-state index in [4.69, 9.17) is 39.5 Å². The topological polar surface area (TPSA) is 184 Å². The first-order valence-corrected chi connectivity index (χ1v) is 18.2. The maximum Gasteiger partial charge on any atom is 2.00 e. The van der Waals surface area contributed by atoms with Gasteiger partial charge in [0, 0.05) is 10.8 Å². The predicted octanol–water partition coefficient (Wildman–Crippen LogP) is 6.98. The van der Waals surface area contributed by atoms with Crippen molar-refractivity contribution < 1.29 is 57.6 Å². The summed E-state index contributed by atoms with van der Waals surface area (Å²) in [5.41, 5.74) is -1.25. The number of fused-ring (bicyclic) bond motifs is 8. The van der Waals surface area contributed by atoms with Crippen molar-refractivity contribution in [3.05, 3.63) is 53.0 Å². The van der Waals surface area contributed by atoms with Crippen LogP contribution in [0.4, 0.5) is 10.3 Å². The van der Waals surface area contributed by atoms with Gasteiger partial charge < -0.3 is 39.6 Å². The fraction of sp³-hybridized carbons (Fsp3) is 0.467. The van der Waals surface area contributed by atoms with Crippen LogP contribution in [0.2, 0.25) is 0 Å². The molecule has 2 aromatic rings. The number of amidine groups is 2. The van der Waals surface area contributed by atoms with Crippen LogP contribution in [0.5, 0.6) is 0 Å². The Hall–Kier alpha value is -3.12. The number of rotatable bonds is 8. The van der Waals surface area contributed by atoms with Crippen LogP contribution in [0.15, 0.2) is 31.2 Å². The molecule has 0 amide bonds. The number of aromatic nitrogens is 2. The van der Waals surface area contributed by atoms with Crippen molar-refractivity contribution in [1.82, 2.24) is 9.97 Å². The molecule has 3 aliphatic heterocycles. The van der Waals surface area contributed by atoms with Crippen LogP contribution in [0.3, 0.4) is 0 Å². The zero-order chi connectivity index (χ0) is 35.0. The summed E-state index contributed by atoms with van der Waals surface area (Å²) in [7, 11) is 0. The number of nitrogens with zero attached hydrogens (tertiary/aromatic N) is 6. The summed E-state index contributed by atoms with van der Waals surface area (Å²) in [4.78, 5) is 72.5. The van der Waals surface area contributed by atoms with E-state index in [9.17, 15) is 19.2 Å². The first-order valence-electron chi connectivity index (χ1n) is 14.9. The molecule has 0 saturated carbocycles. The largest absolute Gasteiger partial charge is 2.00 e. The standard InChI is InChI=1S/C30H34N6O8S4.Zn/c1-9-41-21(37)13-17-29(5,6)18-14(22(38)42-10-2)46-27(32-18)36-28-34-20(16(48-28)24(40)44-12-4)30(7,8)19-15(23(39)43-11-3)47-26(33-19)35-25(31-17)45-13;/h9-12H2,1-8H3,(H2,31,32,33,34,35,36,37,38,39,40);/q;+2/p-2. The first kappa shape index (κ1) is 38.7. The molecule has 0 aliphatic carbocycles. The van der Waals surface area contributed by atoms with Gasteiger partial charge in [-0.05, 0) is 49.4 Å². The van der Waals surface area contributed by atoms with Gasteiger partial charge in [-0.3, -0.25) is 0 Å². The van der Waals surface area contributed by atoms with Gasteiger partial charge in [0.05, 0.1) is 47.6 Å². The third-order valence-electron chi connectivity index (χ3n) is 7.06. The number of hydrogen-bond acceptors (Lipinski definition) is 16. The Morgan fingerprint density at radius 3 is 1.24 bits per heavy atom. The summed E-state index contributed by atoms with van der Waals surface area (Å²) in [6.07, 6.45) is 0. The molecular weight excluding hydrogens is 766 g/mol. The minimum atomic E-state index is -1.16. The number of allylic oxidation sites excluding steroid dienone is 2. The number of thioether (sulfide) groups is 2. The fourth-order valence-electron chi connectivity index (χ4n) is 4.85. The van der Waals surface area contributed by atoms with Crippen molar-refractivity contribution in [3.63, 3.8) is 0 Å². The molecule has 0 unspecified atom stereocenters. The molecule has 0 N–H and O–H groups in total. The molecule has 0 fully saturated rings. The maximum atomic E-state index is 13.3. The Balaban J connectivity index is 0.00000541. The minimum Gasteiger partial charge on any atom is -0.462 e. The molecular formula is C30H32N6O8S4Zn.